The fourth-order valence-electron chi connectivity index (χ4n) is 4.73. The zero-order valence-electron chi connectivity index (χ0n) is 24.3. The molecule has 0 spiro atoms. The number of anilines is 1. The van der Waals surface area contributed by atoms with Gasteiger partial charge in [-0.25, -0.2) is 8.42 Å². The van der Waals surface area contributed by atoms with Crippen LogP contribution in [-0.2, 0) is 23.0 Å². The van der Waals surface area contributed by atoms with Crippen LogP contribution in [0.4, 0.5) is 5.69 Å². The van der Waals surface area contributed by atoms with Gasteiger partial charge in [-0.3, -0.25) is 9.52 Å². The van der Waals surface area contributed by atoms with Crippen LogP contribution in [0.1, 0.15) is 47.0 Å². The third-order valence-corrected chi connectivity index (χ3v) is 7.48. The number of phenols is 2. The number of hydrogen-bond acceptors (Lipinski definition) is 7. The van der Waals surface area contributed by atoms with Gasteiger partial charge in [0.2, 0.25) is 10.0 Å². The molecule has 0 unspecified atom stereocenters. The summed E-state index contributed by atoms with van der Waals surface area (Å²) in [4.78, 5) is 13.0. The summed E-state index contributed by atoms with van der Waals surface area (Å²) >= 11 is 0. The summed E-state index contributed by atoms with van der Waals surface area (Å²) < 4.78 is 25.4. The maximum Gasteiger partial charge on any atom is 0.251 e. The normalized spacial score (nSPS) is 12.5. The summed E-state index contributed by atoms with van der Waals surface area (Å²) in [6.07, 6.45) is 0.605. The van der Waals surface area contributed by atoms with Crippen molar-refractivity contribution in [2.45, 2.75) is 38.5 Å². The summed E-state index contributed by atoms with van der Waals surface area (Å²) in [6.45, 7) is 4.51. The number of β-amino-alcohol motifs (C(OH)–C–C–N with tert-alkyl or cyclic N) is 1. The van der Waals surface area contributed by atoms with Gasteiger partial charge in [-0.15, -0.1) is 0 Å². The van der Waals surface area contributed by atoms with E-state index in [0.29, 0.717) is 24.1 Å². The Balaban J connectivity index is 1.34. The van der Waals surface area contributed by atoms with Gasteiger partial charge in [0.05, 0.1) is 18.0 Å². The first-order chi connectivity index (χ1) is 20.3. The van der Waals surface area contributed by atoms with Crippen molar-refractivity contribution >= 4 is 21.6 Å². The average molecular weight is 604 g/mol. The SMILES string of the molecule is CC(C)(Cc1cccc(C(=O)NCc2cccc(-c3ccc(O)cc3)c2)c1)NC[C@H](O)c1ccc(O)c(NS(C)(=O)=O)c1. The van der Waals surface area contributed by atoms with E-state index < -0.39 is 21.7 Å². The molecule has 226 valence electrons. The molecule has 0 aliphatic carbocycles. The lowest BCUT2D eigenvalue weighted by molar-refractivity contribution is 0.0950. The minimum absolute atomic E-state index is 0.00144. The largest absolute Gasteiger partial charge is 0.508 e. The number of carbonyl (C=O) groups is 1. The first-order valence-electron chi connectivity index (χ1n) is 13.8. The number of nitrogens with one attached hydrogen (secondary N) is 3. The third-order valence-electron chi connectivity index (χ3n) is 6.89. The van der Waals surface area contributed by atoms with Crippen LogP contribution in [0.15, 0.2) is 91.0 Å². The monoisotopic (exact) mass is 603 g/mol. The molecule has 0 fully saturated rings. The van der Waals surface area contributed by atoms with E-state index in [-0.39, 0.29) is 29.6 Å². The van der Waals surface area contributed by atoms with Crippen molar-refractivity contribution in [1.29, 1.82) is 0 Å². The highest BCUT2D eigenvalue weighted by Crippen LogP contribution is 2.28. The van der Waals surface area contributed by atoms with Crippen LogP contribution < -0.4 is 15.4 Å². The second kappa shape index (κ2) is 13.3. The number of sulfonamides is 1. The minimum atomic E-state index is -3.60. The molecule has 0 aliphatic heterocycles. The fraction of sp³-hybridized carbons (Fsp3) is 0.242. The number of rotatable bonds is 12. The third kappa shape index (κ3) is 9.31. The molecule has 0 saturated heterocycles. The molecule has 4 aromatic rings. The summed E-state index contributed by atoms with van der Waals surface area (Å²) in [7, 11) is -3.60. The molecule has 0 radical (unpaired) electrons. The minimum Gasteiger partial charge on any atom is -0.508 e. The van der Waals surface area contributed by atoms with Crippen molar-refractivity contribution in [2.24, 2.45) is 0 Å². The molecule has 0 aromatic heterocycles. The number of amides is 1. The van der Waals surface area contributed by atoms with E-state index in [9.17, 15) is 28.5 Å². The molecule has 10 heteroatoms. The molecule has 6 N–H and O–H groups in total. The zero-order valence-corrected chi connectivity index (χ0v) is 25.2. The molecule has 0 saturated carbocycles. The molecule has 4 rings (SSSR count). The molecule has 0 heterocycles. The highest BCUT2D eigenvalue weighted by molar-refractivity contribution is 7.92. The second-order valence-electron chi connectivity index (χ2n) is 11.2. The van der Waals surface area contributed by atoms with Crippen molar-refractivity contribution in [1.82, 2.24) is 10.6 Å². The lowest BCUT2D eigenvalue weighted by atomic mass is 9.93. The van der Waals surface area contributed by atoms with Crippen molar-refractivity contribution in [3.05, 3.63) is 113 Å². The Hall–Kier alpha value is -4.38. The Kier molecular flexibility index (Phi) is 9.75. The Morgan fingerprint density at radius 3 is 2.28 bits per heavy atom. The molecule has 0 aliphatic rings. The number of carbonyl (C=O) groups excluding carboxylic acids is 1. The van der Waals surface area contributed by atoms with Crippen LogP contribution in [-0.4, -0.2) is 48.0 Å². The molecule has 1 amide bonds. The van der Waals surface area contributed by atoms with E-state index in [0.717, 1.165) is 28.5 Å². The summed E-state index contributed by atoms with van der Waals surface area (Å²) in [5, 5.41) is 36.6. The number of hydrogen-bond donors (Lipinski definition) is 6. The van der Waals surface area contributed by atoms with E-state index in [2.05, 4.69) is 15.4 Å². The van der Waals surface area contributed by atoms with Gasteiger partial charge >= 0.3 is 0 Å². The average Bonchev–Trinajstić information content (AvgIpc) is 2.95. The molecular weight excluding hydrogens is 566 g/mol. The molecular formula is C33H37N3O6S. The first-order valence-corrected chi connectivity index (χ1v) is 15.7. The van der Waals surface area contributed by atoms with E-state index in [1.54, 1.807) is 18.2 Å². The summed E-state index contributed by atoms with van der Waals surface area (Å²) in [6, 6.07) is 26.5. The highest BCUT2D eigenvalue weighted by Gasteiger charge is 2.21. The van der Waals surface area contributed by atoms with E-state index in [1.165, 1.54) is 18.2 Å². The first kappa shape index (κ1) is 31.6. The van der Waals surface area contributed by atoms with Gasteiger partial charge in [0.25, 0.3) is 5.91 Å². The number of aliphatic hydroxyl groups excluding tert-OH is 1. The van der Waals surface area contributed by atoms with Crippen LogP contribution in [0.5, 0.6) is 11.5 Å². The molecule has 4 aromatic carbocycles. The lowest BCUT2D eigenvalue weighted by Crippen LogP contribution is -2.43. The fourth-order valence-corrected chi connectivity index (χ4v) is 5.29. The Bertz CT molecular complexity index is 1690. The van der Waals surface area contributed by atoms with Crippen LogP contribution in [0, 0.1) is 0 Å². The van der Waals surface area contributed by atoms with Gasteiger partial charge in [-0.1, -0.05) is 48.5 Å². The van der Waals surface area contributed by atoms with E-state index in [4.69, 9.17) is 0 Å². The van der Waals surface area contributed by atoms with Crippen LogP contribution >= 0.6 is 0 Å². The summed E-state index contributed by atoms with van der Waals surface area (Å²) in [5.74, 6) is -0.217. The van der Waals surface area contributed by atoms with Crippen LogP contribution in [0.2, 0.25) is 0 Å². The Labute approximate surface area is 252 Å². The lowest BCUT2D eigenvalue weighted by Gasteiger charge is -2.28. The predicted molar refractivity (Wildman–Crippen MR) is 168 cm³/mol. The van der Waals surface area contributed by atoms with Gasteiger partial charge in [-0.05, 0) is 90.6 Å². The van der Waals surface area contributed by atoms with Crippen molar-refractivity contribution in [3.63, 3.8) is 0 Å². The maximum absolute atomic E-state index is 13.0. The topological polar surface area (TPSA) is 148 Å². The Morgan fingerprint density at radius 1 is 0.860 bits per heavy atom. The highest BCUT2D eigenvalue weighted by atomic mass is 32.2. The van der Waals surface area contributed by atoms with E-state index >= 15 is 0 Å². The van der Waals surface area contributed by atoms with E-state index in [1.807, 2.05) is 68.4 Å². The van der Waals surface area contributed by atoms with Gasteiger partial charge in [0.15, 0.2) is 0 Å². The molecule has 1 atom stereocenters. The van der Waals surface area contributed by atoms with Gasteiger partial charge in [-0.2, -0.15) is 0 Å². The van der Waals surface area contributed by atoms with Gasteiger partial charge in [0, 0.05) is 24.2 Å². The molecule has 0 bridgehead atoms. The molecule has 9 nitrogen and oxygen atoms in total. The maximum atomic E-state index is 13.0. The van der Waals surface area contributed by atoms with Crippen LogP contribution in [0.25, 0.3) is 11.1 Å². The number of aliphatic hydroxyl groups is 1. The predicted octanol–water partition coefficient (Wildman–Crippen LogP) is 4.71. The quantitative estimate of drug-likeness (QED) is 0.129. The Morgan fingerprint density at radius 2 is 1.56 bits per heavy atom. The van der Waals surface area contributed by atoms with Crippen LogP contribution in [0.3, 0.4) is 0 Å². The van der Waals surface area contributed by atoms with Gasteiger partial charge < -0.3 is 26.0 Å². The number of aromatic hydroxyl groups is 2. The number of benzene rings is 4. The van der Waals surface area contributed by atoms with Crippen molar-refractivity contribution in [2.75, 3.05) is 17.5 Å². The van der Waals surface area contributed by atoms with Crippen molar-refractivity contribution < 1.29 is 28.5 Å². The number of phenolic OH excluding ortho intramolecular Hbond substituents is 2. The standard InChI is InChI=1S/C33H37N3O6S/c1-33(2,35-21-31(39)26-12-15-30(38)29(18-26)36-43(3,41)42)19-22-6-4-9-27(16-22)32(40)34-20-23-7-5-8-25(17-23)24-10-13-28(37)14-11-24/h4-18,31,35-39H,19-21H2,1-3H3,(H,34,40)/t31-/m0/s1. The summed E-state index contributed by atoms with van der Waals surface area (Å²) in [5.41, 5.74) is 4.39. The molecule has 43 heavy (non-hydrogen) atoms. The van der Waals surface area contributed by atoms with Gasteiger partial charge in [0.1, 0.15) is 11.5 Å². The van der Waals surface area contributed by atoms with Crippen molar-refractivity contribution in [3.8, 4) is 22.6 Å². The second-order valence-corrected chi connectivity index (χ2v) is 13.0. The smallest absolute Gasteiger partial charge is 0.251 e. The zero-order chi connectivity index (χ0) is 31.2.